The van der Waals surface area contributed by atoms with Crippen molar-refractivity contribution in [3.05, 3.63) is 28.3 Å². The van der Waals surface area contributed by atoms with Crippen LogP contribution in [0.1, 0.15) is 30.9 Å². The first-order valence-corrected chi connectivity index (χ1v) is 9.49. The molecule has 1 aromatic rings. The molecule has 0 radical (unpaired) electrons. The minimum atomic E-state index is -0.524. The van der Waals surface area contributed by atoms with Crippen LogP contribution in [0.5, 0.6) is 5.75 Å². The van der Waals surface area contributed by atoms with Gasteiger partial charge in [-0.3, -0.25) is 4.79 Å². The van der Waals surface area contributed by atoms with Crippen molar-refractivity contribution in [3.8, 4) is 5.75 Å². The van der Waals surface area contributed by atoms with Crippen LogP contribution in [0.15, 0.2) is 12.1 Å². The Hall–Kier alpha value is -1.44. The van der Waals surface area contributed by atoms with Gasteiger partial charge in [-0.15, -0.1) is 11.8 Å². The lowest BCUT2D eigenvalue weighted by Gasteiger charge is -2.29. The molecule has 1 aromatic carbocycles. The van der Waals surface area contributed by atoms with Crippen LogP contribution in [0.4, 0.5) is 0 Å². The second kappa shape index (κ2) is 6.37. The Morgan fingerprint density at radius 2 is 2.36 bits per heavy atom. The van der Waals surface area contributed by atoms with Gasteiger partial charge in [0, 0.05) is 28.3 Å². The lowest BCUT2D eigenvalue weighted by molar-refractivity contribution is -0.154. The van der Waals surface area contributed by atoms with Crippen LogP contribution in [-0.2, 0) is 32.3 Å². The molecule has 0 spiro atoms. The Labute approximate surface area is 154 Å². The lowest BCUT2D eigenvalue weighted by atomic mass is 10.1. The Balaban J connectivity index is 1.48. The molecule has 134 valence electrons. The Kier molecular flexibility index (Phi) is 4.33. The molecule has 0 bridgehead atoms. The fourth-order valence-corrected chi connectivity index (χ4v) is 5.28. The van der Waals surface area contributed by atoms with E-state index in [-0.39, 0.29) is 30.1 Å². The van der Waals surface area contributed by atoms with Crippen LogP contribution >= 0.6 is 23.4 Å². The van der Waals surface area contributed by atoms with Crippen LogP contribution in [0.2, 0.25) is 5.02 Å². The fourth-order valence-electron chi connectivity index (χ4n) is 3.60. The predicted molar refractivity (Wildman–Crippen MR) is 92.3 cm³/mol. The minimum Gasteiger partial charge on any atom is -0.467 e. The van der Waals surface area contributed by atoms with Crippen molar-refractivity contribution >= 4 is 35.2 Å². The number of rotatable bonds is 3. The monoisotopic (exact) mass is 383 g/mol. The summed E-state index contributed by atoms with van der Waals surface area (Å²) in [6, 6.07) is 2.99. The number of nitrogens with zero attached hydrogens (tertiary/aromatic N) is 1. The Bertz CT molecular complexity index is 742. The molecule has 2 saturated heterocycles. The predicted octanol–water partition coefficient (Wildman–Crippen LogP) is 2.70. The molecule has 0 unspecified atom stereocenters. The summed E-state index contributed by atoms with van der Waals surface area (Å²) in [6.45, 7) is 2.64. The maximum atomic E-state index is 12.6. The molecule has 4 rings (SSSR count). The molecule has 25 heavy (non-hydrogen) atoms. The molecule has 3 heterocycles. The SMILES string of the molecule is C[C@@]12CCC(=O)N1[C@@H](C(=O)OCc1cc(Cl)cc3c1OCOC3)CS2. The maximum Gasteiger partial charge on any atom is 0.330 e. The second-order valence-electron chi connectivity index (χ2n) is 6.54. The molecular weight excluding hydrogens is 366 g/mol. The van der Waals surface area contributed by atoms with E-state index in [1.54, 1.807) is 28.8 Å². The van der Waals surface area contributed by atoms with Gasteiger partial charge in [-0.2, -0.15) is 0 Å². The van der Waals surface area contributed by atoms with E-state index in [0.717, 1.165) is 12.0 Å². The van der Waals surface area contributed by atoms with Gasteiger partial charge in [-0.05, 0) is 25.5 Å². The number of esters is 1. The Morgan fingerprint density at radius 1 is 1.52 bits per heavy atom. The summed E-state index contributed by atoms with van der Waals surface area (Å²) in [5, 5.41) is 0.539. The first kappa shape index (κ1) is 17.0. The lowest BCUT2D eigenvalue weighted by Crippen LogP contribution is -2.46. The maximum absolute atomic E-state index is 12.6. The van der Waals surface area contributed by atoms with Crippen molar-refractivity contribution in [1.29, 1.82) is 0 Å². The number of ether oxygens (including phenoxy) is 3. The van der Waals surface area contributed by atoms with Crippen molar-refractivity contribution < 1.29 is 23.8 Å². The molecule has 2 fully saturated rings. The third-order valence-corrected chi connectivity index (χ3v) is 6.56. The van der Waals surface area contributed by atoms with Gasteiger partial charge in [-0.1, -0.05) is 11.6 Å². The number of amides is 1. The summed E-state index contributed by atoms with van der Waals surface area (Å²) in [4.78, 5) is 26.1. The summed E-state index contributed by atoms with van der Waals surface area (Å²) in [6.07, 6.45) is 1.26. The first-order chi connectivity index (χ1) is 12.0. The van der Waals surface area contributed by atoms with E-state index in [9.17, 15) is 9.59 Å². The van der Waals surface area contributed by atoms with E-state index in [1.165, 1.54) is 0 Å². The van der Waals surface area contributed by atoms with Crippen molar-refractivity contribution in [3.63, 3.8) is 0 Å². The number of halogens is 1. The zero-order chi connectivity index (χ0) is 17.6. The van der Waals surface area contributed by atoms with E-state index in [4.69, 9.17) is 25.8 Å². The fraction of sp³-hybridized carbons (Fsp3) is 0.529. The minimum absolute atomic E-state index is 0.0232. The smallest absolute Gasteiger partial charge is 0.330 e. The first-order valence-electron chi connectivity index (χ1n) is 8.12. The zero-order valence-electron chi connectivity index (χ0n) is 13.7. The average Bonchev–Trinajstić information content (AvgIpc) is 3.08. The second-order valence-corrected chi connectivity index (χ2v) is 8.48. The van der Waals surface area contributed by atoms with Gasteiger partial charge in [0.2, 0.25) is 5.91 Å². The average molecular weight is 384 g/mol. The van der Waals surface area contributed by atoms with Crippen LogP contribution in [0, 0.1) is 0 Å². The highest BCUT2D eigenvalue weighted by Crippen LogP contribution is 2.47. The van der Waals surface area contributed by atoms with E-state index >= 15 is 0 Å². The quantitative estimate of drug-likeness (QED) is 0.748. The van der Waals surface area contributed by atoms with Crippen LogP contribution in [0.25, 0.3) is 0 Å². The zero-order valence-corrected chi connectivity index (χ0v) is 15.3. The molecule has 2 atom stereocenters. The molecule has 8 heteroatoms. The van der Waals surface area contributed by atoms with Crippen LogP contribution < -0.4 is 4.74 Å². The third kappa shape index (κ3) is 2.98. The number of carbonyl (C=O) groups excluding carboxylic acids is 2. The van der Waals surface area contributed by atoms with E-state index in [2.05, 4.69) is 0 Å². The topological polar surface area (TPSA) is 65.1 Å². The highest BCUT2D eigenvalue weighted by atomic mass is 35.5. The van der Waals surface area contributed by atoms with Crippen molar-refractivity contribution in [2.24, 2.45) is 0 Å². The number of hydrogen-bond donors (Lipinski definition) is 0. The summed E-state index contributed by atoms with van der Waals surface area (Å²) in [5.74, 6) is 0.868. The summed E-state index contributed by atoms with van der Waals surface area (Å²) >= 11 is 7.77. The van der Waals surface area contributed by atoms with Crippen molar-refractivity contribution in [2.45, 2.75) is 43.9 Å². The Morgan fingerprint density at radius 3 is 3.20 bits per heavy atom. The molecule has 0 saturated carbocycles. The normalized spacial score (nSPS) is 27.7. The van der Waals surface area contributed by atoms with E-state index < -0.39 is 6.04 Å². The summed E-state index contributed by atoms with van der Waals surface area (Å²) < 4.78 is 16.3. The number of benzene rings is 1. The number of hydrogen-bond acceptors (Lipinski definition) is 6. The summed E-state index contributed by atoms with van der Waals surface area (Å²) in [7, 11) is 0. The highest BCUT2D eigenvalue weighted by molar-refractivity contribution is 8.01. The molecule has 0 aliphatic carbocycles. The number of thioether (sulfide) groups is 1. The van der Waals surface area contributed by atoms with Crippen molar-refractivity contribution in [1.82, 2.24) is 4.90 Å². The van der Waals surface area contributed by atoms with E-state index in [0.29, 0.717) is 35.1 Å². The van der Waals surface area contributed by atoms with Gasteiger partial charge in [0.1, 0.15) is 18.4 Å². The van der Waals surface area contributed by atoms with Gasteiger partial charge in [0.05, 0.1) is 11.5 Å². The summed E-state index contributed by atoms with van der Waals surface area (Å²) in [5.41, 5.74) is 1.55. The van der Waals surface area contributed by atoms with Gasteiger partial charge >= 0.3 is 5.97 Å². The van der Waals surface area contributed by atoms with Gasteiger partial charge in [0.15, 0.2) is 6.79 Å². The molecular formula is C17H18ClNO5S. The van der Waals surface area contributed by atoms with Gasteiger partial charge < -0.3 is 19.1 Å². The molecule has 0 aromatic heterocycles. The van der Waals surface area contributed by atoms with Crippen molar-refractivity contribution in [2.75, 3.05) is 12.5 Å². The molecule has 3 aliphatic rings. The molecule has 0 N–H and O–H groups in total. The van der Waals surface area contributed by atoms with E-state index in [1.807, 2.05) is 6.92 Å². The molecule has 1 amide bonds. The van der Waals surface area contributed by atoms with Crippen LogP contribution in [-0.4, -0.2) is 40.2 Å². The standard InChI is InChI=1S/C17H18ClNO5S/c1-17-3-2-14(20)19(17)13(8-25-17)16(21)23-7-11-5-12(18)4-10-6-22-9-24-15(10)11/h4-5,13H,2-3,6-9H2,1H3/t13-,17-/m1/s1. The largest absolute Gasteiger partial charge is 0.467 e. The number of carbonyl (C=O) groups is 2. The van der Waals surface area contributed by atoms with Crippen LogP contribution in [0.3, 0.4) is 0 Å². The number of fused-ring (bicyclic) bond motifs is 2. The van der Waals surface area contributed by atoms with Gasteiger partial charge in [-0.25, -0.2) is 4.79 Å². The van der Waals surface area contributed by atoms with Gasteiger partial charge in [0.25, 0.3) is 0 Å². The molecule has 3 aliphatic heterocycles. The highest BCUT2D eigenvalue weighted by Gasteiger charge is 2.53. The third-order valence-electron chi connectivity index (χ3n) is 4.84. The molecule has 6 nitrogen and oxygen atoms in total.